The maximum absolute atomic E-state index is 12.5. The van der Waals surface area contributed by atoms with E-state index in [0.29, 0.717) is 24.1 Å². The van der Waals surface area contributed by atoms with Gasteiger partial charge in [0, 0.05) is 18.2 Å². The number of benzene rings is 1. The van der Waals surface area contributed by atoms with E-state index < -0.39 is 0 Å². The Morgan fingerprint density at radius 2 is 1.93 bits per heavy atom. The number of amides is 1. The van der Waals surface area contributed by atoms with Crippen molar-refractivity contribution < 1.29 is 14.6 Å². The number of hydrogen-bond acceptors (Lipinski definition) is 4. The predicted octanol–water partition coefficient (Wildman–Crippen LogP) is 4.00. The summed E-state index contributed by atoms with van der Waals surface area (Å²) in [5.74, 6) is 1.31. The van der Waals surface area contributed by atoms with E-state index in [0.717, 1.165) is 25.1 Å². The molecule has 1 heterocycles. The fourth-order valence-corrected chi connectivity index (χ4v) is 4.76. The summed E-state index contributed by atoms with van der Waals surface area (Å²) in [4.78, 5) is 15.1. The number of ether oxygens (including phenoxy) is 1. The number of hydrogen-bond donors (Lipinski definition) is 2. The molecule has 2 atom stereocenters. The normalized spacial score (nSPS) is 21.8. The minimum Gasteiger partial charge on any atom is -0.494 e. The molecule has 1 saturated heterocycles. The summed E-state index contributed by atoms with van der Waals surface area (Å²) in [6.07, 6.45) is 10.8. The first kappa shape index (κ1) is 22.1. The predicted molar refractivity (Wildman–Crippen MR) is 116 cm³/mol. The second-order valence-electron chi connectivity index (χ2n) is 8.85. The van der Waals surface area contributed by atoms with Gasteiger partial charge in [-0.3, -0.25) is 4.79 Å². The third kappa shape index (κ3) is 7.00. The summed E-state index contributed by atoms with van der Waals surface area (Å²) >= 11 is 0. The van der Waals surface area contributed by atoms with Gasteiger partial charge in [-0.1, -0.05) is 32.1 Å². The van der Waals surface area contributed by atoms with Crippen LogP contribution in [0.1, 0.15) is 75.1 Å². The number of rotatable bonds is 10. The van der Waals surface area contributed by atoms with Gasteiger partial charge in [0.2, 0.25) is 0 Å². The van der Waals surface area contributed by atoms with Gasteiger partial charge in [0.05, 0.1) is 19.3 Å². The summed E-state index contributed by atoms with van der Waals surface area (Å²) in [7, 11) is 0. The second-order valence-corrected chi connectivity index (χ2v) is 8.85. The molecule has 162 valence electrons. The molecule has 0 bridgehead atoms. The zero-order valence-electron chi connectivity index (χ0n) is 17.9. The molecule has 29 heavy (non-hydrogen) atoms. The average Bonchev–Trinajstić information content (AvgIpc) is 3.16. The standard InChI is InChI=1S/C24H38N2O3/c1-19-7-5-14-26(19)15-6-16-29-23-12-10-21(11-13-23)24(28)25-22(18-27)17-20-8-3-2-4-9-20/h10-13,19-20,22,27H,2-9,14-18H2,1H3,(H,25,28). The Kier molecular flexibility index (Phi) is 8.81. The van der Waals surface area contributed by atoms with Crippen molar-refractivity contribution in [2.75, 3.05) is 26.3 Å². The zero-order valence-corrected chi connectivity index (χ0v) is 17.9. The largest absolute Gasteiger partial charge is 0.494 e. The highest BCUT2D eigenvalue weighted by atomic mass is 16.5. The van der Waals surface area contributed by atoms with Gasteiger partial charge in [0.1, 0.15) is 5.75 Å². The molecule has 1 aromatic rings. The lowest BCUT2D eigenvalue weighted by molar-refractivity contribution is 0.0902. The van der Waals surface area contributed by atoms with Crippen molar-refractivity contribution in [3.8, 4) is 5.75 Å². The van der Waals surface area contributed by atoms with Gasteiger partial charge in [0.25, 0.3) is 5.91 Å². The topological polar surface area (TPSA) is 61.8 Å². The number of carbonyl (C=O) groups excluding carboxylic acids is 1. The molecule has 5 heteroatoms. The first-order chi connectivity index (χ1) is 14.2. The first-order valence-corrected chi connectivity index (χ1v) is 11.5. The number of nitrogens with zero attached hydrogens (tertiary/aromatic N) is 1. The third-order valence-electron chi connectivity index (χ3n) is 6.56. The van der Waals surface area contributed by atoms with Gasteiger partial charge in [0.15, 0.2) is 0 Å². The fraction of sp³-hybridized carbons (Fsp3) is 0.708. The Morgan fingerprint density at radius 1 is 1.17 bits per heavy atom. The van der Waals surface area contributed by atoms with Crippen LogP contribution >= 0.6 is 0 Å². The number of likely N-dealkylation sites (tertiary alicyclic amines) is 1. The van der Waals surface area contributed by atoms with Crippen LogP contribution < -0.4 is 10.1 Å². The third-order valence-corrected chi connectivity index (χ3v) is 6.56. The molecule has 0 aromatic heterocycles. The van der Waals surface area contributed by atoms with Crippen LogP contribution in [-0.4, -0.2) is 54.3 Å². The Hall–Kier alpha value is -1.59. The highest BCUT2D eigenvalue weighted by Crippen LogP contribution is 2.27. The lowest BCUT2D eigenvalue weighted by atomic mass is 9.85. The van der Waals surface area contributed by atoms with Crippen LogP contribution in [0.2, 0.25) is 0 Å². The van der Waals surface area contributed by atoms with Crippen molar-refractivity contribution in [1.82, 2.24) is 10.2 Å². The van der Waals surface area contributed by atoms with Crippen molar-refractivity contribution >= 4 is 5.91 Å². The van der Waals surface area contributed by atoms with Crippen molar-refractivity contribution in [1.29, 1.82) is 0 Å². The molecule has 5 nitrogen and oxygen atoms in total. The second kappa shape index (κ2) is 11.6. The van der Waals surface area contributed by atoms with Crippen LogP contribution in [0, 0.1) is 5.92 Å². The van der Waals surface area contributed by atoms with Crippen molar-refractivity contribution in [2.45, 2.75) is 76.8 Å². The average molecular weight is 403 g/mol. The lowest BCUT2D eigenvalue weighted by Crippen LogP contribution is -2.39. The van der Waals surface area contributed by atoms with Crippen LogP contribution in [0.4, 0.5) is 0 Å². The molecule has 1 aliphatic carbocycles. The molecule has 3 rings (SSSR count). The number of nitrogens with one attached hydrogen (secondary N) is 1. The van der Waals surface area contributed by atoms with E-state index in [2.05, 4.69) is 17.1 Å². The molecule has 2 fully saturated rings. The monoisotopic (exact) mass is 402 g/mol. The number of aliphatic hydroxyl groups excluding tert-OH is 1. The Balaban J connectivity index is 1.39. The van der Waals surface area contributed by atoms with E-state index in [9.17, 15) is 9.90 Å². The zero-order chi connectivity index (χ0) is 20.5. The van der Waals surface area contributed by atoms with E-state index >= 15 is 0 Å². The molecule has 1 amide bonds. The van der Waals surface area contributed by atoms with Gasteiger partial charge >= 0.3 is 0 Å². The molecule has 2 N–H and O–H groups in total. The molecule has 1 aromatic carbocycles. The Bertz CT molecular complexity index is 613. The molecular weight excluding hydrogens is 364 g/mol. The highest BCUT2D eigenvalue weighted by molar-refractivity contribution is 5.94. The summed E-state index contributed by atoms with van der Waals surface area (Å²) < 4.78 is 5.84. The molecule has 2 aliphatic rings. The van der Waals surface area contributed by atoms with Crippen LogP contribution in [0.5, 0.6) is 5.75 Å². The molecule has 0 radical (unpaired) electrons. The summed E-state index contributed by atoms with van der Waals surface area (Å²) in [6.45, 7) is 5.29. The van der Waals surface area contributed by atoms with Gasteiger partial charge in [-0.05, 0) is 69.3 Å². The molecular formula is C24H38N2O3. The molecule has 2 unspecified atom stereocenters. The maximum atomic E-state index is 12.5. The van der Waals surface area contributed by atoms with Gasteiger partial charge in [-0.25, -0.2) is 0 Å². The SMILES string of the molecule is CC1CCCN1CCCOc1ccc(C(=O)NC(CO)CC2CCCCC2)cc1. The van der Waals surface area contributed by atoms with E-state index in [4.69, 9.17) is 4.74 Å². The molecule has 1 saturated carbocycles. The van der Waals surface area contributed by atoms with E-state index in [-0.39, 0.29) is 18.6 Å². The molecule has 0 spiro atoms. The fourth-order valence-electron chi connectivity index (χ4n) is 4.76. The first-order valence-electron chi connectivity index (χ1n) is 11.5. The quantitative estimate of drug-likeness (QED) is 0.581. The van der Waals surface area contributed by atoms with Crippen molar-refractivity contribution in [3.05, 3.63) is 29.8 Å². The maximum Gasteiger partial charge on any atom is 0.251 e. The van der Waals surface area contributed by atoms with Gasteiger partial charge in [-0.2, -0.15) is 0 Å². The lowest BCUT2D eigenvalue weighted by Gasteiger charge is -2.26. The van der Waals surface area contributed by atoms with E-state index in [1.165, 1.54) is 51.5 Å². The van der Waals surface area contributed by atoms with Crippen molar-refractivity contribution in [3.63, 3.8) is 0 Å². The number of carbonyl (C=O) groups is 1. The highest BCUT2D eigenvalue weighted by Gasteiger charge is 2.21. The smallest absolute Gasteiger partial charge is 0.251 e. The van der Waals surface area contributed by atoms with E-state index in [1.807, 2.05) is 24.3 Å². The van der Waals surface area contributed by atoms with E-state index in [1.54, 1.807) is 0 Å². The van der Waals surface area contributed by atoms with Crippen LogP contribution in [0.15, 0.2) is 24.3 Å². The Morgan fingerprint density at radius 3 is 2.59 bits per heavy atom. The summed E-state index contributed by atoms with van der Waals surface area (Å²) in [5.41, 5.74) is 0.616. The van der Waals surface area contributed by atoms with Gasteiger partial charge in [-0.15, -0.1) is 0 Å². The van der Waals surface area contributed by atoms with Gasteiger partial charge < -0.3 is 20.1 Å². The molecule has 1 aliphatic heterocycles. The van der Waals surface area contributed by atoms with Crippen molar-refractivity contribution in [2.24, 2.45) is 5.92 Å². The minimum absolute atomic E-state index is 0.000923. The minimum atomic E-state index is -0.158. The number of aliphatic hydroxyl groups is 1. The van der Waals surface area contributed by atoms with Crippen LogP contribution in [0.3, 0.4) is 0 Å². The van der Waals surface area contributed by atoms with Crippen LogP contribution in [0.25, 0.3) is 0 Å². The van der Waals surface area contributed by atoms with Crippen LogP contribution in [-0.2, 0) is 0 Å². The Labute approximate surface area is 175 Å². The summed E-state index contributed by atoms with van der Waals surface area (Å²) in [6, 6.07) is 7.89. The summed E-state index contributed by atoms with van der Waals surface area (Å²) in [5, 5.41) is 12.7.